The van der Waals surface area contributed by atoms with Gasteiger partial charge in [-0.2, -0.15) is 0 Å². The molecule has 2 N–H and O–H groups in total. The lowest BCUT2D eigenvalue weighted by molar-refractivity contribution is 0.0599. The van der Waals surface area contributed by atoms with Crippen LogP contribution in [-0.4, -0.2) is 19.6 Å². The van der Waals surface area contributed by atoms with Crippen LogP contribution in [-0.2, 0) is 4.74 Å². The van der Waals surface area contributed by atoms with Crippen molar-refractivity contribution in [3.05, 3.63) is 29.2 Å². The highest BCUT2D eigenvalue weighted by Crippen LogP contribution is 2.16. The van der Waals surface area contributed by atoms with Crippen molar-refractivity contribution in [2.75, 3.05) is 13.7 Å². The van der Waals surface area contributed by atoms with E-state index < -0.39 is 5.97 Å². The molecule has 0 spiro atoms. The normalized spacial score (nSPS) is 10.8. The number of esters is 1. The molecule has 0 atom stereocenters. The summed E-state index contributed by atoms with van der Waals surface area (Å²) < 4.78 is 9.88. The van der Waals surface area contributed by atoms with Crippen molar-refractivity contribution in [2.45, 2.75) is 6.92 Å². The van der Waals surface area contributed by atoms with E-state index in [9.17, 15) is 4.79 Å². The number of methoxy groups -OCH3 is 1. The second-order valence-corrected chi connectivity index (χ2v) is 2.75. The molecular formula is C10H13NO3. The average Bonchev–Trinajstić information content (AvgIpc) is 2.55. The summed E-state index contributed by atoms with van der Waals surface area (Å²) in [6.07, 6.45) is 3.47. The molecule has 0 aromatic carbocycles. The Bertz CT molecular complexity index is 352. The molecule has 1 rings (SSSR count). The largest absolute Gasteiger partial charge is 0.465 e. The van der Waals surface area contributed by atoms with E-state index in [1.54, 1.807) is 25.1 Å². The quantitative estimate of drug-likeness (QED) is 0.739. The first kappa shape index (κ1) is 10.5. The maximum Gasteiger partial charge on any atom is 0.341 e. The summed E-state index contributed by atoms with van der Waals surface area (Å²) in [6.45, 7) is 2.15. The highest BCUT2D eigenvalue weighted by molar-refractivity contribution is 5.90. The summed E-state index contributed by atoms with van der Waals surface area (Å²) >= 11 is 0. The smallest absolute Gasteiger partial charge is 0.341 e. The monoisotopic (exact) mass is 195 g/mol. The number of carbonyl (C=O) groups excluding carboxylic acids is 1. The summed E-state index contributed by atoms with van der Waals surface area (Å²) in [6, 6.07) is 1.63. The first-order chi connectivity index (χ1) is 6.69. The van der Waals surface area contributed by atoms with E-state index in [0.717, 1.165) is 0 Å². The minimum Gasteiger partial charge on any atom is -0.465 e. The third kappa shape index (κ3) is 2.23. The van der Waals surface area contributed by atoms with Gasteiger partial charge in [-0.1, -0.05) is 6.08 Å². The fraction of sp³-hybridized carbons (Fsp3) is 0.300. The second-order valence-electron chi connectivity index (χ2n) is 2.75. The van der Waals surface area contributed by atoms with Crippen LogP contribution in [0, 0.1) is 6.92 Å². The van der Waals surface area contributed by atoms with Crippen LogP contribution in [0.5, 0.6) is 0 Å². The summed E-state index contributed by atoms with van der Waals surface area (Å²) in [5.41, 5.74) is 5.74. The predicted molar refractivity (Wildman–Crippen MR) is 52.9 cm³/mol. The Morgan fingerprint density at radius 3 is 3.00 bits per heavy atom. The molecule has 1 aromatic heterocycles. The standard InChI is InChI=1S/C10H13NO3/c1-7-9(10(12)13-2)6-8(14-7)4-3-5-11/h3-4,6H,5,11H2,1-2H3. The van der Waals surface area contributed by atoms with Crippen LogP contribution in [0.3, 0.4) is 0 Å². The van der Waals surface area contributed by atoms with Gasteiger partial charge in [-0.25, -0.2) is 4.79 Å². The highest BCUT2D eigenvalue weighted by Gasteiger charge is 2.13. The Hall–Kier alpha value is -1.55. The lowest BCUT2D eigenvalue weighted by Crippen LogP contribution is -2.00. The van der Waals surface area contributed by atoms with E-state index in [4.69, 9.17) is 10.2 Å². The lowest BCUT2D eigenvalue weighted by Gasteiger charge is -1.93. The van der Waals surface area contributed by atoms with Gasteiger partial charge in [0.1, 0.15) is 17.1 Å². The van der Waals surface area contributed by atoms with Crippen LogP contribution in [0.2, 0.25) is 0 Å². The zero-order valence-electron chi connectivity index (χ0n) is 8.24. The summed E-state index contributed by atoms with van der Waals surface area (Å²) in [5, 5.41) is 0. The molecular weight excluding hydrogens is 182 g/mol. The maximum absolute atomic E-state index is 11.2. The van der Waals surface area contributed by atoms with Gasteiger partial charge in [-0.05, 0) is 19.1 Å². The molecule has 0 aliphatic heterocycles. The van der Waals surface area contributed by atoms with Gasteiger partial charge >= 0.3 is 5.97 Å². The van der Waals surface area contributed by atoms with Crippen LogP contribution < -0.4 is 5.73 Å². The third-order valence-electron chi connectivity index (χ3n) is 1.76. The summed E-state index contributed by atoms with van der Waals surface area (Å²) in [5.74, 6) is 0.764. The highest BCUT2D eigenvalue weighted by atomic mass is 16.5. The first-order valence-corrected chi connectivity index (χ1v) is 4.24. The molecule has 1 aromatic rings. The van der Waals surface area contributed by atoms with Gasteiger partial charge in [0.05, 0.1) is 7.11 Å². The molecule has 0 unspecified atom stereocenters. The fourth-order valence-corrected chi connectivity index (χ4v) is 1.08. The minimum absolute atomic E-state index is 0.390. The molecule has 0 radical (unpaired) electrons. The van der Waals surface area contributed by atoms with Crippen molar-refractivity contribution in [1.29, 1.82) is 0 Å². The molecule has 76 valence electrons. The molecule has 4 nitrogen and oxygen atoms in total. The molecule has 0 aliphatic rings. The number of aryl methyl sites for hydroxylation is 1. The molecule has 14 heavy (non-hydrogen) atoms. The summed E-state index contributed by atoms with van der Waals surface area (Å²) in [7, 11) is 1.34. The van der Waals surface area contributed by atoms with E-state index >= 15 is 0 Å². The zero-order chi connectivity index (χ0) is 10.6. The molecule has 1 heterocycles. The molecule has 0 bridgehead atoms. The van der Waals surface area contributed by atoms with E-state index in [2.05, 4.69) is 4.74 Å². The number of furan rings is 1. The summed E-state index contributed by atoms with van der Waals surface area (Å²) in [4.78, 5) is 11.2. The van der Waals surface area contributed by atoms with Crippen LogP contribution in [0.1, 0.15) is 21.9 Å². The van der Waals surface area contributed by atoms with Crippen molar-refractivity contribution in [3.63, 3.8) is 0 Å². The number of carbonyl (C=O) groups is 1. The molecule has 0 aliphatic carbocycles. The molecule has 4 heteroatoms. The van der Waals surface area contributed by atoms with Gasteiger partial charge in [0.2, 0.25) is 0 Å². The van der Waals surface area contributed by atoms with Crippen LogP contribution in [0.15, 0.2) is 16.6 Å². The second kappa shape index (κ2) is 4.62. The number of hydrogen-bond acceptors (Lipinski definition) is 4. The van der Waals surface area contributed by atoms with Gasteiger partial charge in [0.25, 0.3) is 0 Å². The van der Waals surface area contributed by atoms with E-state index in [-0.39, 0.29) is 0 Å². The van der Waals surface area contributed by atoms with Crippen molar-refractivity contribution in [3.8, 4) is 0 Å². The van der Waals surface area contributed by atoms with E-state index in [0.29, 0.717) is 23.6 Å². The zero-order valence-corrected chi connectivity index (χ0v) is 8.24. The number of hydrogen-bond donors (Lipinski definition) is 1. The average molecular weight is 195 g/mol. The van der Waals surface area contributed by atoms with Crippen LogP contribution in [0.25, 0.3) is 6.08 Å². The molecule has 0 amide bonds. The van der Waals surface area contributed by atoms with Crippen molar-refractivity contribution < 1.29 is 13.9 Å². The Morgan fingerprint density at radius 1 is 1.71 bits per heavy atom. The SMILES string of the molecule is COC(=O)c1cc(C=CCN)oc1C. The lowest BCUT2D eigenvalue weighted by atomic mass is 10.2. The van der Waals surface area contributed by atoms with Gasteiger partial charge < -0.3 is 14.9 Å². The molecule has 0 saturated heterocycles. The Kier molecular flexibility index (Phi) is 3.48. The molecule has 0 saturated carbocycles. The Labute approximate surface area is 82.3 Å². The van der Waals surface area contributed by atoms with Gasteiger partial charge in [-0.3, -0.25) is 0 Å². The third-order valence-corrected chi connectivity index (χ3v) is 1.76. The van der Waals surface area contributed by atoms with Crippen molar-refractivity contribution in [2.24, 2.45) is 5.73 Å². The Morgan fingerprint density at radius 2 is 2.43 bits per heavy atom. The van der Waals surface area contributed by atoms with Crippen molar-refractivity contribution in [1.82, 2.24) is 0 Å². The molecule has 0 fully saturated rings. The number of ether oxygens (including phenoxy) is 1. The van der Waals surface area contributed by atoms with Crippen LogP contribution in [0.4, 0.5) is 0 Å². The van der Waals surface area contributed by atoms with E-state index in [1.807, 2.05) is 0 Å². The van der Waals surface area contributed by atoms with Gasteiger partial charge in [0, 0.05) is 6.54 Å². The minimum atomic E-state index is -0.390. The van der Waals surface area contributed by atoms with Crippen LogP contribution >= 0.6 is 0 Å². The topological polar surface area (TPSA) is 65.5 Å². The van der Waals surface area contributed by atoms with E-state index in [1.165, 1.54) is 7.11 Å². The predicted octanol–water partition coefficient (Wildman–Crippen LogP) is 1.35. The number of rotatable bonds is 3. The van der Waals surface area contributed by atoms with Gasteiger partial charge in [-0.15, -0.1) is 0 Å². The van der Waals surface area contributed by atoms with Gasteiger partial charge in [0.15, 0.2) is 0 Å². The van der Waals surface area contributed by atoms with Crippen molar-refractivity contribution >= 4 is 12.0 Å². The fourth-order valence-electron chi connectivity index (χ4n) is 1.08. The number of nitrogens with two attached hydrogens (primary N) is 1. The maximum atomic E-state index is 11.2. The first-order valence-electron chi connectivity index (χ1n) is 4.24. The Balaban J connectivity index is 2.93.